The monoisotopic (exact) mass is 195 g/mol. The van der Waals surface area contributed by atoms with Crippen molar-refractivity contribution in [1.29, 1.82) is 0 Å². The van der Waals surface area contributed by atoms with Gasteiger partial charge in [-0.3, -0.25) is 9.48 Å². The van der Waals surface area contributed by atoms with E-state index in [1.807, 2.05) is 20.8 Å². The number of hydrogen-bond acceptors (Lipinski definition) is 3. The van der Waals surface area contributed by atoms with Crippen LogP contribution in [0, 0.1) is 5.92 Å². The first-order chi connectivity index (χ1) is 6.57. The molecule has 1 aromatic heterocycles. The van der Waals surface area contributed by atoms with E-state index in [-0.39, 0.29) is 11.7 Å². The van der Waals surface area contributed by atoms with Crippen LogP contribution >= 0.6 is 0 Å². The fourth-order valence-corrected chi connectivity index (χ4v) is 1.27. The Balaban J connectivity index is 2.89. The lowest BCUT2D eigenvalue weighted by atomic mass is 9.99. The number of nitrogens with zero attached hydrogens (tertiary/aromatic N) is 2. The lowest BCUT2D eigenvalue weighted by Gasteiger charge is -2.14. The Labute approximate surface area is 84.1 Å². The van der Waals surface area contributed by atoms with Crippen molar-refractivity contribution < 1.29 is 4.79 Å². The third-order valence-corrected chi connectivity index (χ3v) is 2.29. The van der Waals surface area contributed by atoms with Gasteiger partial charge in [-0.15, -0.1) is 0 Å². The van der Waals surface area contributed by atoms with Crippen LogP contribution < -0.4 is 5.73 Å². The van der Waals surface area contributed by atoms with E-state index in [2.05, 4.69) is 5.10 Å². The van der Waals surface area contributed by atoms with Crippen LogP contribution in [0.4, 0.5) is 0 Å². The standard InChI is InChI=1S/C10H17N3O/c1-4-13-8(5-6-12-13)10(14)9(11)7(2)3/h5-7,9H,4,11H2,1-3H3. The molecule has 0 aliphatic rings. The number of carbonyl (C=O) groups is 1. The van der Waals surface area contributed by atoms with Crippen molar-refractivity contribution in [3.63, 3.8) is 0 Å². The Kier molecular flexibility index (Phi) is 3.41. The minimum Gasteiger partial charge on any atom is -0.321 e. The minimum absolute atomic E-state index is 0.0284. The second-order valence-electron chi connectivity index (χ2n) is 3.67. The molecule has 1 unspecified atom stereocenters. The Morgan fingerprint density at radius 3 is 2.79 bits per heavy atom. The van der Waals surface area contributed by atoms with Crippen LogP contribution in [0.25, 0.3) is 0 Å². The van der Waals surface area contributed by atoms with Gasteiger partial charge in [-0.05, 0) is 18.9 Å². The third kappa shape index (κ3) is 2.01. The first kappa shape index (κ1) is 10.9. The summed E-state index contributed by atoms with van der Waals surface area (Å²) in [6, 6.07) is 1.28. The van der Waals surface area contributed by atoms with Gasteiger partial charge in [0.15, 0.2) is 5.78 Å². The van der Waals surface area contributed by atoms with Crippen LogP contribution in [-0.2, 0) is 6.54 Å². The molecule has 4 heteroatoms. The van der Waals surface area contributed by atoms with E-state index < -0.39 is 6.04 Å². The maximum Gasteiger partial charge on any atom is 0.197 e. The number of carbonyl (C=O) groups excluding carboxylic acids is 1. The lowest BCUT2D eigenvalue weighted by Crippen LogP contribution is -2.36. The summed E-state index contributed by atoms with van der Waals surface area (Å²) in [5, 5.41) is 4.04. The molecule has 78 valence electrons. The molecule has 0 fully saturated rings. The van der Waals surface area contributed by atoms with Crippen LogP contribution in [0.15, 0.2) is 12.3 Å². The molecule has 0 radical (unpaired) electrons. The van der Waals surface area contributed by atoms with Crippen LogP contribution in [0.1, 0.15) is 31.3 Å². The molecule has 2 N–H and O–H groups in total. The highest BCUT2D eigenvalue weighted by molar-refractivity contribution is 5.98. The van der Waals surface area contributed by atoms with E-state index in [0.29, 0.717) is 12.2 Å². The summed E-state index contributed by atoms with van der Waals surface area (Å²) in [5.41, 5.74) is 6.39. The molecule has 0 saturated heterocycles. The maximum atomic E-state index is 11.8. The Morgan fingerprint density at radius 2 is 2.29 bits per heavy atom. The summed E-state index contributed by atoms with van der Waals surface area (Å²) in [5.74, 6) is 0.127. The summed E-state index contributed by atoms with van der Waals surface area (Å²) in [6.07, 6.45) is 1.63. The van der Waals surface area contributed by atoms with Crippen molar-refractivity contribution in [2.45, 2.75) is 33.4 Å². The van der Waals surface area contributed by atoms with Gasteiger partial charge in [0.05, 0.1) is 6.04 Å². The highest BCUT2D eigenvalue weighted by Crippen LogP contribution is 2.08. The van der Waals surface area contributed by atoms with Gasteiger partial charge in [0, 0.05) is 12.7 Å². The fourth-order valence-electron chi connectivity index (χ4n) is 1.27. The predicted molar refractivity (Wildman–Crippen MR) is 55.0 cm³/mol. The van der Waals surface area contributed by atoms with Gasteiger partial charge in [-0.1, -0.05) is 13.8 Å². The zero-order valence-electron chi connectivity index (χ0n) is 8.90. The van der Waals surface area contributed by atoms with Gasteiger partial charge < -0.3 is 5.73 Å². The van der Waals surface area contributed by atoms with Crippen molar-refractivity contribution in [2.24, 2.45) is 11.7 Å². The molecule has 0 amide bonds. The Morgan fingerprint density at radius 1 is 1.64 bits per heavy atom. The topological polar surface area (TPSA) is 60.9 Å². The second-order valence-corrected chi connectivity index (χ2v) is 3.67. The summed E-state index contributed by atoms with van der Waals surface area (Å²) in [6.45, 7) is 6.52. The van der Waals surface area contributed by atoms with Crippen molar-refractivity contribution in [2.75, 3.05) is 0 Å². The molecule has 1 atom stereocenters. The zero-order valence-corrected chi connectivity index (χ0v) is 8.90. The van der Waals surface area contributed by atoms with Crippen LogP contribution in [0.2, 0.25) is 0 Å². The summed E-state index contributed by atoms with van der Waals surface area (Å²) in [7, 11) is 0. The summed E-state index contributed by atoms with van der Waals surface area (Å²) >= 11 is 0. The number of aromatic nitrogens is 2. The molecule has 0 aromatic carbocycles. The molecule has 14 heavy (non-hydrogen) atoms. The molecule has 1 aromatic rings. The largest absolute Gasteiger partial charge is 0.321 e. The number of aryl methyl sites for hydroxylation is 1. The van der Waals surface area contributed by atoms with Crippen LogP contribution in [0.3, 0.4) is 0 Å². The predicted octanol–water partition coefficient (Wildman–Crippen LogP) is 1.07. The number of nitrogens with two attached hydrogens (primary N) is 1. The molecule has 0 bridgehead atoms. The Hall–Kier alpha value is -1.16. The third-order valence-electron chi connectivity index (χ3n) is 2.29. The van der Waals surface area contributed by atoms with Crippen molar-refractivity contribution >= 4 is 5.78 Å². The van der Waals surface area contributed by atoms with E-state index in [1.165, 1.54) is 0 Å². The quantitative estimate of drug-likeness (QED) is 0.731. The maximum absolute atomic E-state index is 11.8. The van der Waals surface area contributed by atoms with Crippen LogP contribution in [-0.4, -0.2) is 21.6 Å². The average molecular weight is 195 g/mol. The SMILES string of the molecule is CCn1nccc1C(=O)C(N)C(C)C. The smallest absolute Gasteiger partial charge is 0.197 e. The second kappa shape index (κ2) is 4.37. The molecule has 0 saturated carbocycles. The van der Waals surface area contributed by atoms with E-state index in [1.54, 1.807) is 16.9 Å². The first-order valence-corrected chi connectivity index (χ1v) is 4.89. The van der Waals surface area contributed by atoms with Gasteiger partial charge >= 0.3 is 0 Å². The van der Waals surface area contributed by atoms with Crippen molar-refractivity contribution in [1.82, 2.24) is 9.78 Å². The van der Waals surface area contributed by atoms with Gasteiger partial charge in [0.2, 0.25) is 0 Å². The Bertz CT molecular complexity index is 317. The van der Waals surface area contributed by atoms with E-state index in [9.17, 15) is 4.79 Å². The van der Waals surface area contributed by atoms with Gasteiger partial charge in [-0.2, -0.15) is 5.10 Å². The molecular weight excluding hydrogens is 178 g/mol. The van der Waals surface area contributed by atoms with Gasteiger partial charge in [-0.25, -0.2) is 0 Å². The average Bonchev–Trinajstić information content (AvgIpc) is 2.62. The van der Waals surface area contributed by atoms with E-state index in [4.69, 9.17) is 5.73 Å². The molecule has 0 aliphatic carbocycles. The molecule has 4 nitrogen and oxygen atoms in total. The zero-order chi connectivity index (χ0) is 10.7. The van der Waals surface area contributed by atoms with Gasteiger partial charge in [0.25, 0.3) is 0 Å². The first-order valence-electron chi connectivity index (χ1n) is 4.89. The van der Waals surface area contributed by atoms with Crippen molar-refractivity contribution in [3.8, 4) is 0 Å². The van der Waals surface area contributed by atoms with Gasteiger partial charge in [0.1, 0.15) is 5.69 Å². The number of Topliss-reactive ketones (excluding diaryl/α,β-unsaturated/α-hetero) is 1. The van der Waals surface area contributed by atoms with E-state index in [0.717, 1.165) is 0 Å². The fraction of sp³-hybridized carbons (Fsp3) is 0.600. The lowest BCUT2D eigenvalue weighted by molar-refractivity contribution is 0.0930. The summed E-state index contributed by atoms with van der Waals surface area (Å²) in [4.78, 5) is 11.8. The normalized spacial score (nSPS) is 13.2. The molecule has 1 rings (SSSR count). The number of ketones is 1. The minimum atomic E-state index is -0.433. The molecule has 0 spiro atoms. The number of rotatable bonds is 4. The molecular formula is C10H17N3O. The molecule has 1 heterocycles. The molecule has 0 aliphatic heterocycles. The highest BCUT2D eigenvalue weighted by Gasteiger charge is 2.21. The highest BCUT2D eigenvalue weighted by atomic mass is 16.1. The summed E-state index contributed by atoms with van der Waals surface area (Å²) < 4.78 is 1.67. The van der Waals surface area contributed by atoms with Crippen molar-refractivity contribution in [3.05, 3.63) is 18.0 Å². The number of hydrogen-bond donors (Lipinski definition) is 1. The van der Waals surface area contributed by atoms with E-state index >= 15 is 0 Å². The van der Waals surface area contributed by atoms with Crippen LogP contribution in [0.5, 0.6) is 0 Å².